The number of carbonyl (C=O) groups excluding carboxylic acids is 2. The van der Waals surface area contributed by atoms with E-state index in [4.69, 9.17) is 9.84 Å². The minimum atomic E-state index is -2.30. The maximum absolute atomic E-state index is 14.9. The molecule has 0 bridgehead atoms. The topological polar surface area (TPSA) is 99.2 Å². The number of ether oxygens (including phenoxy) is 1. The van der Waals surface area contributed by atoms with Gasteiger partial charge in [0.25, 0.3) is 5.91 Å². The molecule has 0 saturated carbocycles. The molecule has 2 aromatic carbocycles. The molecule has 1 saturated heterocycles. The monoisotopic (exact) mass is 543 g/mol. The second-order valence-corrected chi connectivity index (χ2v) is 16.3. The van der Waals surface area contributed by atoms with Gasteiger partial charge in [-0.1, -0.05) is 31.8 Å². The molecule has 0 aliphatic carbocycles. The number of likely N-dealkylation sites (tertiary alicyclic amines) is 1. The van der Waals surface area contributed by atoms with Crippen LogP contribution in [0.5, 0.6) is 5.75 Å². The predicted octanol–water partition coefficient (Wildman–Crippen LogP) is 3.51. The number of nitrogens with zero attached hydrogens (tertiary/aromatic N) is 2. The number of aliphatic carboxylic acids is 1. The summed E-state index contributed by atoms with van der Waals surface area (Å²) < 4.78 is 35.6. The lowest BCUT2D eigenvalue weighted by Crippen LogP contribution is -2.58. The van der Waals surface area contributed by atoms with Crippen molar-refractivity contribution < 1.29 is 33.0 Å². The summed E-state index contributed by atoms with van der Waals surface area (Å²) in [6.45, 7) is 6.91. The van der Waals surface area contributed by atoms with Gasteiger partial charge in [0.2, 0.25) is 0 Å². The SMILES string of the molecule is C[Si](C)(C)c1c(F)cc(NC(=O)[C@H]2c3ccc4c(c3CCN2C(=O)N2CC(CC(=O)O)C2)OCC4)cc1F. The summed E-state index contributed by atoms with van der Waals surface area (Å²) in [4.78, 5) is 41.2. The molecule has 1 fully saturated rings. The van der Waals surface area contributed by atoms with Crippen molar-refractivity contribution in [2.24, 2.45) is 5.92 Å². The van der Waals surface area contributed by atoms with Gasteiger partial charge in [0, 0.05) is 48.4 Å². The third kappa shape index (κ3) is 4.75. The molecule has 202 valence electrons. The molecule has 3 aliphatic rings. The number of carboxylic acids is 1. The summed E-state index contributed by atoms with van der Waals surface area (Å²) in [5.41, 5.74) is 2.51. The van der Waals surface area contributed by atoms with Gasteiger partial charge in [-0.25, -0.2) is 13.6 Å². The van der Waals surface area contributed by atoms with E-state index in [0.29, 0.717) is 31.7 Å². The van der Waals surface area contributed by atoms with Gasteiger partial charge in [-0.15, -0.1) is 0 Å². The number of carbonyl (C=O) groups is 3. The Bertz CT molecular complexity index is 1300. The molecule has 2 N–H and O–H groups in total. The van der Waals surface area contributed by atoms with Crippen LogP contribution in [0.2, 0.25) is 19.6 Å². The number of benzene rings is 2. The predicted molar refractivity (Wildman–Crippen MR) is 139 cm³/mol. The fourth-order valence-electron chi connectivity index (χ4n) is 5.72. The summed E-state index contributed by atoms with van der Waals surface area (Å²) in [6, 6.07) is 4.56. The second-order valence-electron chi connectivity index (χ2n) is 11.3. The molecule has 2 aromatic rings. The molecule has 1 atom stereocenters. The zero-order valence-corrected chi connectivity index (χ0v) is 22.6. The Morgan fingerprint density at radius 2 is 1.79 bits per heavy atom. The summed E-state index contributed by atoms with van der Waals surface area (Å²) in [5, 5.41) is 11.7. The van der Waals surface area contributed by atoms with Gasteiger partial charge >= 0.3 is 12.0 Å². The van der Waals surface area contributed by atoms with Crippen LogP contribution in [0.4, 0.5) is 19.3 Å². The van der Waals surface area contributed by atoms with Crippen LogP contribution in [-0.4, -0.2) is 67.1 Å². The molecule has 38 heavy (non-hydrogen) atoms. The molecule has 5 rings (SSSR count). The van der Waals surface area contributed by atoms with E-state index in [-0.39, 0.29) is 35.8 Å². The van der Waals surface area contributed by atoms with Gasteiger partial charge in [-0.05, 0) is 29.7 Å². The van der Waals surface area contributed by atoms with Crippen molar-refractivity contribution in [2.45, 2.75) is 44.9 Å². The van der Waals surface area contributed by atoms with E-state index in [1.807, 2.05) is 31.8 Å². The Balaban J connectivity index is 1.45. The first-order chi connectivity index (χ1) is 17.9. The smallest absolute Gasteiger partial charge is 0.320 e. The van der Waals surface area contributed by atoms with Crippen molar-refractivity contribution in [2.75, 3.05) is 31.6 Å². The lowest BCUT2D eigenvalue weighted by molar-refractivity contribution is -0.139. The van der Waals surface area contributed by atoms with Gasteiger partial charge < -0.3 is 25.0 Å². The summed E-state index contributed by atoms with van der Waals surface area (Å²) in [5.74, 6) is -2.29. The largest absolute Gasteiger partial charge is 0.493 e. The molecule has 3 heterocycles. The van der Waals surface area contributed by atoms with Crippen LogP contribution in [0, 0.1) is 17.6 Å². The Kier molecular flexibility index (Phi) is 6.66. The van der Waals surface area contributed by atoms with E-state index >= 15 is 0 Å². The van der Waals surface area contributed by atoms with E-state index in [1.54, 1.807) is 0 Å². The van der Waals surface area contributed by atoms with Crippen LogP contribution < -0.4 is 15.2 Å². The molecule has 0 unspecified atom stereocenters. The zero-order valence-electron chi connectivity index (χ0n) is 21.6. The normalized spacial score (nSPS) is 18.8. The van der Waals surface area contributed by atoms with Gasteiger partial charge in [-0.2, -0.15) is 0 Å². The van der Waals surface area contributed by atoms with Gasteiger partial charge in [-0.3, -0.25) is 9.59 Å². The molecular weight excluding hydrogens is 512 g/mol. The van der Waals surface area contributed by atoms with Crippen LogP contribution in [0.3, 0.4) is 0 Å². The van der Waals surface area contributed by atoms with Crippen molar-refractivity contribution in [3.63, 3.8) is 0 Å². The standard InChI is InChI=1S/C27H31F2N3O5Si/c1-38(2,3)25-20(28)11-17(12-21(25)29)30-26(35)23-18-5-4-16-7-9-37-24(16)19(18)6-8-32(23)27(36)31-13-15(14-31)10-22(33)34/h4-5,11-12,15,23H,6-10,13-14H2,1-3H3,(H,30,35)(H,33,34)/t23-/m1/s1. The Morgan fingerprint density at radius 1 is 1.11 bits per heavy atom. The van der Waals surface area contributed by atoms with Crippen LogP contribution in [0.15, 0.2) is 24.3 Å². The second kappa shape index (κ2) is 9.68. The summed E-state index contributed by atoms with van der Waals surface area (Å²) in [7, 11) is -2.30. The highest BCUT2D eigenvalue weighted by Crippen LogP contribution is 2.41. The molecular formula is C27H31F2N3O5Si. The highest BCUT2D eigenvalue weighted by molar-refractivity contribution is 6.88. The lowest BCUT2D eigenvalue weighted by Gasteiger charge is -2.45. The number of anilines is 1. The molecule has 0 aromatic heterocycles. The first kappa shape index (κ1) is 26.1. The summed E-state index contributed by atoms with van der Waals surface area (Å²) in [6.07, 6.45) is 1.24. The molecule has 3 amide bonds. The van der Waals surface area contributed by atoms with Crippen molar-refractivity contribution in [3.8, 4) is 5.75 Å². The van der Waals surface area contributed by atoms with Gasteiger partial charge in [0.1, 0.15) is 23.4 Å². The number of urea groups is 1. The fourth-order valence-corrected chi connectivity index (χ4v) is 7.30. The molecule has 3 aliphatic heterocycles. The Labute approximate surface area is 220 Å². The Hall–Kier alpha value is -3.47. The average Bonchev–Trinajstić information content (AvgIpc) is 3.27. The van der Waals surface area contributed by atoms with E-state index in [2.05, 4.69) is 5.32 Å². The first-order valence-electron chi connectivity index (χ1n) is 12.8. The van der Waals surface area contributed by atoms with Gasteiger partial charge in [0.15, 0.2) is 0 Å². The lowest BCUT2D eigenvalue weighted by atomic mass is 9.89. The molecule has 11 heteroatoms. The minimum Gasteiger partial charge on any atom is -0.493 e. The maximum atomic E-state index is 14.9. The first-order valence-corrected chi connectivity index (χ1v) is 16.3. The van der Waals surface area contributed by atoms with Crippen LogP contribution >= 0.6 is 0 Å². The average molecular weight is 544 g/mol. The fraction of sp³-hybridized carbons (Fsp3) is 0.444. The Morgan fingerprint density at radius 3 is 2.42 bits per heavy atom. The van der Waals surface area contributed by atoms with Crippen molar-refractivity contribution in [1.29, 1.82) is 0 Å². The number of nitrogens with one attached hydrogen (secondary N) is 1. The van der Waals surface area contributed by atoms with E-state index < -0.39 is 37.6 Å². The highest BCUT2D eigenvalue weighted by Gasteiger charge is 2.43. The number of halogens is 2. The third-order valence-electron chi connectivity index (χ3n) is 7.45. The number of hydrogen-bond acceptors (Lipinski definition) is 4. The third-order valence-corrected chi connectivity index (χ3v) is 9.43. The number of hydrogen-bond donors (Lipinski definition) is 2. The maximum Gasteiger partial charge on any atom is 0.320 e. The van der Waals surface area contributed by atoms with E-state index in [0.717, 1.165) is 35.4 Å². The van der Waals surface area contributed by atoms with E-state index in [1.165, 1.54) is 9.80 Å². The number of amides is 3. The highest BCUT2D eigenvalue weighted by atomic mass is 28.3. The zero-order chi connectivity index (χ0) is 27.4. The quantitative estimate of drug-likeness (QED) is 0.563. The minimum absolute atomic E-state index is 0.0191. The van der Waals surface area contributed by atoms with Crippen molar-refractivity contribution >= 4 is 36.9 Å². The van der Waals surface area contributed by atoms with E-state index in [9.17, 15) is 23.2 Å². The summed E-state index contributed by atoms with van der Waals surface area (Å²) >= 11 is 0. The van der Waals surface area contributed by atoms with Crippen LogP contribution in [0.1, 0.15) is 29.2 Å². The number of rotatable bonds is 5. The van der Waals surface area contributed by atoms with Crippen LogP contribution in [0.25, 0.3) is 0 Å². The molecule has 0 radical (unpaired) electrons. The van der Waals surface area contributed by atoms with Crippen molar-refractivity contribution in [1.82, 2.24) is 9.80 Å². The molecule has 0 spiro atoms. The number of carboxylic acid groups (broad SMARTS) is 1. The molecule has 8 nitrogen and oxygen atoms in total. The number of fused-ring (bicyclic) bond motifs is 3. The van der Waals surface area contributed by atoms with Gasteiger partial charge in [0.05, 0.1) is 21.1 Å². The van der Waals surface area contributed by atoms with Crippen molar-refractivity contribution in [3.05, 3.63) is 52.6 Å². The van der Waals surface area contributed by atoms with Crippen LogP contribution in [-0.2, 0) is 22.4 Å².